The summed E-state index contributed by atoms with van der Waals surface area (Å²) in [5, 5.41) is 21.8. The lowest BCUT2D eigenvalue weighted by atomic mass is 10.0. The number of anilines is 1. The maximum Gasteiger partial charge on any atom is 0.216 e. The Bertz CT molecular complexity index is 351. The van der Waals surface area contributed by atoms with Gasteiger partial charge in [-0.3, -0.25) is 4.79 Å². The number of carbonyl (C=O) groups is 1. The number of nitrogens with one attached hydrogen (secondary N) is 1. The Balaban J connectivity index is 2.59. The van der Waals surface area contributed by atoms with Gasteiger partial charge < -0.3 is 21.3 Å². The molecular formula is C11H16N2O3. The molecular weight excluding hydrogens is 208 g/mol. The molecule has 0 aliphatic rings. The van der Waals surface area contributed by atoms with Gasteiger partial charge in [-0.2, -0.15) is 0 Å². The minimum atomic E-state index is -1.03. The SMILES string of the molecule is CC(=O)NCC(O)C(O)c1ccc(N)cc1. The Kier molecular flexibility index (Phi) is 4.28. The summed E-state index contributed by atoms with van der Waals surface area (Å²) in [4.78, 5) is 10.6. The van der Waals surface area contributed by atoms with E-state index in [2.05, 4.69) is 5.32 Å². The summed E-state index contributed by atoms with van der Waals surface area (Å²) in [7, 11) is 0. The van der Waals surface area contributed by atoms with E-state index in [9.17, 15) is 15.0 Å². The van der Waals surface area contributed by atoms with Crippen molar-refractivity contribution in [3.63, 3.8) is 0 Å². The van der Waals surface area contributed by atoms with E-state index in [-0.39, 0.29) is 12.5 Å². The average molecular weight is 224 g/mol. The smallest absolute Gasteiger partial charge is 0.216 e. The summed E-state index contributed by atoms with van der Waals surface area (Å²) in [6.07, 6.45) is -2.07. The van der Waals surface area contributed by atoms with Crippen molar-refractivity contribution in [2.75, 3.05) is 12.3 Å². The molecule has 0 fully saturated rings. The van der Waals surface area contributed by atoms with Crippen molar-refractivity contribution in [2.24, 2.45) is 0 Å². The van der Waals surface area contributed by atoms with E-state index < -0.39 is 12.2 Å². The summed E-state index contributed by atoms with van der Waals surface area (Å²) >= 11 is 0. The van der Waals surface area contributed by atoms with Crippen LogP contribution in [0.15, 0.2) is 24.3 Å². The Hall–Kier alpha value is -1.59. The van der Waals surface area contributed by atoms with E-state index in [1.54, 1.807) is 24.3 Å². The molecule has 2 atom stereocenters. The largest absolute Gasteiger partial charge is 0.399 e. The topological polar surface area (TPSA) is 95.6 Å². The molecule has 88 valence electrons. The zero-order chi connectivity index (χ0) is 12.1. The standard InChI is InChI=1S/C11H16N2O3/c1-7(14)13-6-10(15)11(16)8-2-4-9(12)5-3-8/h2-5,10-11,15-16H,6,12H2,1H3,(H,13,14). The summed E-state index contributed by atoms with van der Waals surface area (Å²) < 4.78 is 0. The van der Waals surface area contributed by atoms with E-state index in [4.69, 9.17) is 5.73 Å². The van der Waals surface area contributed by atoms with Gasteiger partial charge in [0.2, 0.25) is 5.91 Å². The number of carbonyl (C=O) groups excluding carboxylic acids is 1. The van der Waals surface area contributed by atoms with E-state index in [1.165, 1.54) is 6.92 Å². The zero-order valence-electron chi connectivity index (χ0n) is 9.05. The number of rotatable bonds is 4. The van der Waals surface area contributed by atoms with E-state index in [0.717, 1.165) is 0 Å². The number of benzene rings is 1. The van der Waals surface area contributed by atoms with Gasteiger partial charge in [0, 0.05) is 19.2 Å². The van der Waals surface area contributed by atoms with Crippen LogP contribution in [-0.2, 0) is 4.79 Å². The number of hydrogen-bond donors (Lipinski definition) is 4. The summed E-state index contributed by atoms with van der Waals surface area (Å²) in [6.45, 7) is 1.36. The molecule has 0 heterocycles. The third-order valence-corrected chi connectivity index (χ3v) is 2.20. The maximum absolute atomic E-state index is 10.6. The average Bonchev–Trinajstić information content (AvgIpc) is 2.26. The van der Waals surface area contributed by atoms with Crippen molar-refractivity contribution < 1.29 is 15.0 Å². The molecule has 1 aromatic rings. The Morgan fingerprint density at radius 3 is 2.44 bits per heavy atom. The van der Waals surface area contributed by atoms with Crippen LogP contribution in [0.2, 0.25) is 0 Å². The molecule has 0 bridgehead atoms. The van der Waals surface area contributed by atoms with Crippen molar-refractivity contribution in [3.05, 3.63) is 29.8 Å². The minimum absolute atomic E-state index is 0.0148. The van der Waals surface area contributed by atoms with Gasteiger partial charge in [0.05, 0.1) is 0 Å². The molecule has 5 nitrogen and oxygen atoms in total. The lowest BCUT2D eigenvalue weighted by Crippen LogP contribution is -2.34. The highest BCUT2D eigenvalue weighted by molar-refractivity contribution is 5.72. The van der Waals surface area contributed by atoms with Crippen molar-refractivity contribution >= 4 is 11.6 Å². The molecule has 5 heteroatoms. The van der Waals surface area contributed by atoms with E-state index in [0.29, 0.717) is 11.3 Å². The normalized spacial score (nSPS) is 14.2. The highest BCUT2D eigenvalue weighted by Crippen LogP contribution is 2.17. The molecule has 0 saturated heterocycles. The lowest BCUT2D eigenvalue weighted by Gasteiger charge is -2.18. The Morgan fingerprint density at radius 2 is 1.94 bits per heavy atom. The van der Waals surface area contributed by atoms with Gasteiger partial charge in [-0.15, -0.1) is 0 Å². The first-order valence-corrected chi connectivity index (χ1v) is 4.96. The molecule has 5 N–H and O–H groups in total. The molecule has 0 radical (unpaired) electrons. The minimum Gasteiger partial charge on any atom is -0.399 e. The van der Waals surface area contributed by atoms with Gasteiger partial charge in [0.25, 0.3) is 0 Å². The molecule has 0 saturated carbocycles. The predicted octanol–water partition coefficient (Wildman–Crippen LogP) is -0.201. The number of aliphatic hydroxyl groups is 2. The van der Waals surface area contributed by atoms with Crippen LogP contribution in [-0.4, -0.2) is 28.8 Å². The second-order valence-electron chi connectivity index (χ2n) is 3.62. The first-order chi connectivity index (χ1) is 7.50. The molecule has 2 unspecified atom stereocenters. The van der Waals surface area contributed by atoms with Crippen molar-refractivity contribution in [1.82, 2.24) is 5.32 Å². The zero-order valence-corrected chi connectivity index (χ0v) is 9.05. The highest BCUT2D eigenvalue weighted by atomic mass is 16.3. The molecule has 16 heavy (non-hydrogen) atoms. The third kappa shape index (κ3) is 3.52. The summed E-state index contributed by atoms with van der Waals surface area (Å²) in [5.74, 6) is -0.247. The Labute approximate surface area is 93.9 Å². The van der Waals surface area contributed by atoms with Crippen LogP contribution in [0.5, 0.6) is 0 Å². The van der Waals surface area contributed by atoms with E-state index in [1.807, 2.05) is 0 Å². The molecule has 1 aromatic carbocycles. The third-order valence-electron chi connectivity index (χ3n) is 2.20. The quantitative estimate of drug-likeness (QED) is 0.532. The van der Waals surface area contributed by atoms with Crippen molar-refractivity contribution in [2.45, 2.75) is 19.1 Å². The fourth-order valence-corrected chi connectivity index (χ4v) is 1.28. The van der Waals surface area contributed by atoms with Crippen LogP contribution in [0.25, 0.3) is 0 Å². The predicted molar refractivity (Wildman–Crippen MR) is 60.5 cm³/mol. The van der Waals surface area contributed by atoms with Crippen LogP contribution >= 0.6 is 0 Å². The molecule has 1 rings (SSSR count). The second kappa shape index (κ2) is 5.48. The van der Waals surface area contributed by atoms with Crippen LogP contribution in [0.4, 0.5) is 5.69 Å². The van der Waals surface area contributed by atoms with Gasteiger partial charge in [0.15, 0.2) is 0 Å². The first-order valence-electron chi connectivity index (χ1n) is 4.96. The molecule has 0 spiro atoms. The summed E-state index contributed by atoms with van der Waals surface area (Å²) in [6, 6.07) is 6.56. The fraction of sp³-hybridized carbons (Fsp3) is 0.364. The first kappa shape index (κ1) is 12.5. The number of aliphatic hydroxyl groups excluding tert-OH is 2. The second-order valence-corrected chi connectivity index (χ2v) is 3.62. The number of hydrogen-bond acceptors (Lipinski definition) is 4. The van der Waals surface area contributed by atoms with Crippen LogP contribution < -0.4 is 11.1 Å². The van der Waals surface area contributed by atoms with Gasteiger partial charge in [-0.1, -0.05) is 12.1 Å². The maximum atomic E-state index is 10.6. The molecule has 1 amide bonds. The van der Waals surface area contributed by atoms with E-state index >= 15 is 0 Å². The fourth-order valence-electron chi connectivity index (χ4n) is 1.28. The van der Waals surface area contributed by atoms with Crippen molar-refractivity contribution in [3.8, 4) is 0 Å². The number of nitrogens with two attached hydrogens (primary N) is 1. The Morgan fingerprint density at radius 1 is 1.38 bits per heavy atom. The summed E-state index contributed by atoms with van der Waals surface area (Å²) in [5.41, 5.74) is 6.65. The van der Waals surface area contributed by atoms with Crippen LogP contribution in [0, 0.1) is 0 Å². The highest BCUT2D eigenvalue weighted by Gasteiger charge is 2.18. The van der Waals surface area contributed by atoms with Gasteiger partial charge in [0.1, 0.15) is 12.2 Å². The molecule has 0 aliphatic carbocycles. The molecule has 0 aliphatic heterocycles. The van der Waals surface area contributed by atoms with Crippen molar-refractivity contribution in [1.29, 1.82) is 0 Å². The van der Waals surface area contributed by atoms with Gasteiger partial charge in [-0.25, -0.2) is 0 Å². The lowest BCUT2D eigenvalue weighted by molar-refractivity contribution is -0.119. The van der Waals surface area contributed by atoms with Gasteiger partial charge in [-0.05, 0) is 17.7 Å². The monoisotopic (exact) mass is 224 g/mol. The van der Waals surface area contributed by atoms with Gasteiger partial charge >= 0.3 is 0 Å². The number of amides is 1. The van der Waals surface area contributed by atoms with Crippen LogP contribution in [0.3, 0.4) is 0 Å². The number of nitrogen functional groups attached to an aromatic ring is 1. The molecule has 0 aromatic heterocycles. The van der Waals surface area contributed by atoms with Crippen LogP contribution in [0.1, 0.15) is 18.6 Å².